The second-order valence-electron chi connectivity index (χ2n) is 16.1. The average molecular weight is 792 g/mol. The van der Waals surface area contributed by atoms with Crippen LogP contribution < -0.4 is 30.9 Å². The highest BCUT2D eigenvalue weighted by Gasteiger charge is 2.14. The second-order valence-corrected chi connectivity index (χ2v) is 16.1. The lowest BCUT2D eigenvalue weighted by Crippen LogP contribution is -2.27. The zero-order chi connectivity index (χ0) is 40.7. The predicted molar refractivity (Wildman–Crippen MR) is 245 cm³/mol. The van der Waals surface area contributed by atoms with E-state index in [0.29, 0.717) is 6.61 Å². The largest absolute Gasteiger partial charge is 0.494 e. The maximum absolute atomic E-state index is 6.34. The van der Waals surface area contributed by atoms with Gasteiger partial charge in [-0.25, -0.2) is 0 Å². The third kappa shape index (κ3) is 11.6. The standard InChI is InChI=1S/C52H65N5O2/c1-4-7-8-9-10-11-12-13-14-33-58-45-20-15-18-39(35-45)51-47-26-22-41(53-47)37-43-24-28-49(55-43)52(50-29-25-44(56-50)38-42-23-27-48(51)54-42)40-19-16-21-46(36-40)59-34-17-32-57(30-5-2)31-6-3/h15-16,18-29,35-38,53-56H,4-14,17,30-34H2,1-3H3. The van der Waals surface area contributed by atoms with Crippen molar-refractivity contribution in [1.29, 1.82) is 0 Å². The molecule has 0 amide bonds. The van der Waals surface area contributed by atoms with Crippen LogP contribution in [0.1, 0.15) is 132 Å². The molecule has 0 aliphatic carbocycles. The van der Waals surface area contributed by atoms with E-state index in [-0.39, 0.29) is 0 Å². The molecule has 0 spiro atoms. The van der Waals surface area contributed by atoms with Gasteiger partial charge in [0, 0.05) is 61.9 Å². The molecule has 0 atom stereocenters. The molecule has 4 aromatic heterocycles. The van der Waals surface area contributed by atoms with Crippen LogP contribution in [0.4, 0.5) is 0 Å². The summed E-state index contributed by atoms with van der Waals surface area (Å²) >= 11 is 0. The molecular formula is C52H65N5O2. The van der Waals surface area contributed by atoms with Crippen molar-refractivity contribution in [3.05, 3.63) is 152 Å². The van der Waals surface area contributed by atoms with Gasteiger partial charge in [-0.2, -0.15) is 0 Å². The summed E-state index contributed by atoms with van der Waals surface area (Å²) in [5.74, 6) is 1.79. The highest BCUT2D eigenvalue weighted by molar-refractivity contribution is 5.80. The van der Waals surface area contributed by atoms with Crippen molar-refractivity contribution in [3.8, 4) is 11.5 Å². The Morgan fingerprint density at radius 2 is 0.932 bits per heavy atom. The van der Waals surface area contributed by atoms with E-state index in [1.807, 2.05) is 0 Å². The number of benzene rings is 2. The van der Waals surface area contributed by atoms with Gasteiger partial charge in [0.15, 0.2) is 0 Å². The lowest BCUT2D eigenvalue weighted by Gasteiger charge is -2.20. The third-order valence-corrected chi connectivity index (χ3v) is 11.3. The van der Waals surface area contributed by atoms with Gasteiger partial charge in [0.2, 0.25) is 0 Å². The highest BCUT2D eigenvalue weighted by Crippen LogP contribution is 2.26. The van der Waals surface area contributed by atoms with Crippen LogP contribution in [0.25, 0.3) is 23.3 Å². The molecule has 7 rings (SSSR count). The fourth-order valence-corrected chi connectivity index (χ4v) is 8.35. The third-order valence-electron chi connectivity index (χ3n) is 11.3. The Balaban J connectivity index is 1.14. The fourth-order valence-electron chi connectivity index (χ4n) is 8.35. The molecule has 7 nitrogen and oxygen atoms in total. The first-order chi connectivity index (χ1) is 29.1. The molecule has 4 N–H and O–H groups in total. The Bertz CT molecular complexity index is 2450. The van der Waals surface area contributed by atoms with Crippen molar-refractivity contribution in [2.24, 2.45) is 0 Å². The molecular weight excluding hydrogens is 727 g/mol. The van der Waals surface area contributed by atoms with Crippen LogP contribution in [0, 0.1) is 0 Å². The number of nitrogens with one attached hydrogen (secondary N) is 4. The lowest BCUT2D eigenvalue weighted by molar-refractivity contribution is 0.234. The topological polar surface area (TPSA) is 84.9 Å². The Hall–Kier alpha value is -5.40. The zero-order valence-electron chi connectivity index (χ0n) is 35.7. The summed E-state index contributed by atoms with van der Waals surface area (Å²) in [7, 11) is 0. The second kappa shape index (κ2) is 21.6. The van der Waals surface area contributed by atoms with E-state index in [1.54, 1.807) is 0 Å². The van der Waals surface area contributed by atoms with Crippen molar-refractivity contribution >= 4 is 23.3 Å². The Labute approximate surface area is 351 Å². The molecule has 2 aromatic carbocycles. The van der Waals surface area contributed by atoms with Gasteiger partial charge in [0.1, 0.15) is 11.5 Å². The lowest BCUT2D eigenvalue weighted by atomic mass is 10.0. The van der Waals surface area contributed by atoms with Gasteiger partial charge in [0.05, 0.1) is 13.2 Å². The van der Waals surface area contributed by atoms with Crippen LogP contribution in [0.3, 0.4) is 0 Å². The first-order valence-corrected chi connectivity index (χ1v) is 22.5. The summed E-state index contributed by atoms with van der Waals surface area (Å²) in [6, 6.07) is 34.3. The molecule has 0 saturated heterocycles. The number of rotatable bonds is 22. The highest BCUT2D eigenvalue weighted by atomic mass is 16.5. The Kier molecular flexibility index (Phi) is 15.3. The Morgan fingerprint density at radius 3 is 1.44 bits per heavy atom. The number of ether oxygens (including phenoxy) is 2. The molecule has 0 unspecified atom stereocenters. The molecule has 6 aromatic rings. The molecule has 0 radical (unpaired) electrons. The monoisotopic (exact) mass is 792 g/mol. The summed E-state index contributed by atoms with van der Waals surface area (Å²) in [6.07, 6.45) is 19.4. The molecule has 59 heavy (non-hydrogen) atoms. The molecule has 0 fully saturated rings. The zero-order valence-corrected chi connectivity index (χ0v) is 35.7. The van der Waals surface area contributed by atoms with Crippen LogP contribution in [-0.2, 0) is 0 Å². The number of unbranched alkanes of at least 4 members (excludes halogenated alkanes) is 8. The molecule has 310 valence electrons. The summed E-state index contributed by atoms with van der Waals surface area (Å²) in [6.45, 7) is 11.6. The molecule has 1 aliphatic heterocycles. The van der Waals surface area contributed by atoms with E-state index in [1.165, 1.54) is 64.2 Å². The maximum Gasteiger partial charge on any atom is 0.119 e. The summed E-state index contributed by atoms with van der Waals surface area (Å²) in [5, 5.41) is 4.10. The van der Waals surface area contributed by atoms with Crippen LogP contribution >= 0.6 is 0 Å². The van der Waals surface area contributed by atoms with E-state index in [4.69, 9.17) is 9.47 Å². The number of fused-ring (bicyclic) bond motifs is 8. The minimum atomic E-state index is 0.694. The van der Waals surface area contributed by atoms with Crippen molar-refractivity contribution in [3.63, 3.8) is 0 Å². The van der Waals surface area contributed by atoms with E-state index < -0.39 is 0 Å². The van der Waals surface area contributed by atoms with Crippen molar-refractivity contribution in [2.45, 2.75) is 97.8 Å². The van der Waals surface area contributed by atoms with E-state index >= 15 is 0 Å². The number of hydrogen-bond donors (Lipinski definition) is 4. The summed E-state index contributed by atoms with van der Waals surface area (Å²) < 4.78 is 12.7. The Morgan fingerprint density at radius 1 is 0.441 bits per heavy atom. The first kappa shape index (κ1) is 41.7. The van der Waals surface area contributed by atoms with Gasteiger partial charge in [-0.05, 0) is 135 Å². The smallest absolute Gasteiger partial charge is 0.119 e. The van der Waals surface area contributed by atoms with Gasteiger partial charge in [0.25, 0.3) is 0 Å². The number of aromatic amines is 4. The van der Waals surface area contributed by atoms with Crippen LogP contribution in [0.5, 0.6) is 11.5 Å². The fraction of sp³-hybridized carbons (Fsp3) is 0.385. The van der Waals surface area contributed by atoms with E-state index in [2.05, 4.69) is 155 Å². The minimum absolute atomic E-state index is 0.694. The van der Waals surface area contributed by atoms with Gasteiger partial charge in [-0.1, -0.05) is 96.4 Å². The molecule has 8 bridgehead atoms. The number of H-pyrrole nitrogens is 4. The molecule has 1 aliphatic rings. The number of nitrogens with zero attached hydrogens (tertiary/aromatic N) is 1. The quantitative estimate of drug-likeness (QED) is 0.0517. The van der Waals surface area contributed by atoms with Crippen molar-refractivity contribution in [2.75, 3.05) is 32.8 Å². The minimum Gasteiger partial charge on any atom is -0.494 e. The van der Waals surface area contributed by atoms with Gasteiger partial charge in [-0.15, -0.1) is 0 Å². The van der Waals surface area contributed by atoms with Gasteiger partial charge in [-0.3, -0.25) is 0 Å². The molecule has 5 heterocycles. The van der Waals surface area contributed by atoms with Gasteiger partial charge >= 0.3 is 0 Å². The number of hydrogen-bond acceptors (Lipinski definition) is 3. The maximum atomic E-state index is 6.34. The van der Waals surface area contributed by atoms with E-state index in [0.717, 1.165) is 117 Å². The average Bonchev–Trinajstić information content (AvgIpc) is 4.09. The first-order valence-electron chi connectivity index (χ1n) is 22.5. The predicted octanol–water partition coefficient (Wildman–Crippen LogP) is 9.27. The SMILES string of the molecule is CCCCCCCCCCCOc1cccc(C2=c3ccc([nH]3)=Cc3ccc([nH]3)C(c3cccc(OCCCN(CCC)CCC)c3)=c3ccc([nH]3)=Cc3ccc2[nH]3)c1. The van der Waals surface area contributed by atoms with Crippen molar-refractivity contribution in [1.82, 2.24) is 24.8 Å². The van der Waals surface area contributed by atoms with E-state index in [9.17, 15) is 0 Å². The van der Waals surface area contributed by atoms with Crippen LogP contribution in [-0.4, -0.2) is 57.7 Å². The molecule has 0 saturated carbocycles. The number of aromatic nitrogens is 4. The summed E-state index contributed by atoms with van der Waals surface area (Å²) in [5.41, 5.74) is 8.48. The normalized spacial score (nSPS) is 12.5. The summed E-state index contributed by atoms with van der Waals surface area (Å²) in [4.78, 5) is 17.5. The van der Waals surface area contributed by atoms with Gasteiger partial charge < -0.3 is 34.3 Å². The molecule has 7 heteroatoms. The van der Waals surface area contributed by atoms with Crippen LogP contribution in [0.15, 0.2) is 97.1 Å². The van der Waals surface area contributed by atoms with Crippen molar-refractivity contribution < 1.29 is 9.47 Å². The van der Waals surface area contributed by atoms with Crippen LogP contribution in [0.2, 0.25) is 0 Å².